The Kier molecular flexibility index (Phi) is 8.43. The van der Waals surface area contributed by atoms with E-state index in [2.05, 4.69) is 5.32 Å². The molecular formula is C20H16Cl3F6NO3. The van der Waals surface area contributed by atoms with Gasteiger partial charge in [-0.1, -0.05) is 53.9 Å². The summed E-state index contributed by atoms with van der Waals surface area (Å²) in [6.07, 6.45) is -16.7. The van der Waals surface area contributed by atoms with Crippen molar-refractivity contribution in [3.05, 3.63) is 63.1 Å². The summed E-state index contributed by atoms with van der Waals surface area (Å²) in [6.45, 7) is 0.996. The molecule has 0 saturated heterocycles. The highest BCUT2D eigenvalue weighted by Crippen LogP contribution is 2.53. The standard InChI is InChI=1S/C20H16Cl3F6NO3/c1-2-13(18(32,19(24,25)26)20(27,28)29)16(10-3-5-11(21)6-4-10)33-17(31)30-12-7-8-14(22)15(23)9-12/h3-9,13,16,32H,2H2,1H3,(H,30,31). The minimum atomic E-state index is -6.12. The highest BCUT2D eigenvalue weighted by molar-refractivity contribution is 6.42. The minimum Gasteiger partial charge on any atom is -0.441 e. The van der Waals surface area contributed by atoms with Crippen LogP contribution in [0.15, 0.2) is 42.5 Å². The van der Waals surface area contributed by atoms with E-state index >= 15 is 0 Å². The first-order valence-corrected chi connectivity index (χ1v) is 10.3. The molecule has 4 nitrogen and oxygen atoms in total. The summed E-state index contributed by atoms with van der Waals surface area (Å²) in [5.41, 5.74) is -5.41. The summed E-state index contributed by atoms with van der Waals surface area (Å²) in [7, 11) is 0. The molecular weight excluding hydrogens is 523 g/mol. The average molecular weight is 539 g/mol. The lowest BCUT2D eigenvalue weighted by Crippen LogP contribution is -2.63. The predicted octanol–water partition coefficient (Wildman–Crippen LogP) is 7.82. The van der Waals surface area contributed by atoms with Gasteiger partial charge in [0.15, 0.2) is 0 Å². The SMILES string of the molecule is CCC(C(OC(=O)Nc1ccc(Cl)c(Cl)c1)c1ccc(Cl)cc1)C(O)(C(F)(F)F)C(F)(F)F. The van der Waals surface area contributed by atoms with Crippen LogP contribution in [0.25, 0.3) is 0 Å². The van der Waals surface area contributed by atoms with Gasteiger partial charge in [0.2, 0.25) is 0 Å². The number of alkyl halides is 6. The maximum Gasteiger partial charge on any atom is 0.426 e. The van der Waals surface area contributed by atoms with Crippen LogP contribution >= 0.6 is 34.8 Å². The van der Waals surface area contributed by atoms with Crippen LogP contribution in [-0.4, -0.2) is 29.2 Å². The molecule has 0 aliphatic heterocycles. The van der Waals surface area contributed by atoms with E-state index in [0.717, 1.165) is 19.1 Å². The Morgan fingerprint density at radius 1 is 0.970 bits per heavy atom. The molecule has 2 atom stereocenters. The molecule has 182 valence electrons. The van der Waals surface area contributed by atoms with Crippen LogP contribution in [0.2, 0.25) is 15.1 Å². The molecule has 0 aliphatic rings. The molecule has 0 aliphatic carbocycles. The normalized spacial score (nSPS) is 14.5. The summed E-state index contributed by atoms with van der Waals surface area (Å²) in [6, 6.07) is 8.35. The van der Waals surface area contributed by atoms with Crippen LogP contribution in [0.1, 0.15) is 25.0 Å². The van der Waals surface area contributed by atoms with Gasteiger partial charge in [0, 0.05) is 16.6 Å². The van der Waals surface area contributed by atoms with Crippen LogP contribution < -0.4 is 5.32 Å². The molecule has 2 rings (SSSR count). The van der Waals surface area contributed by atoms with E-state index in [1.807, 2.05) is 0 Å². The molecule has 2 N–H and O–H groups in total. The molecule has 1 amide bonds. The number of aliphatic hydroxyl groups is 1. The number of carbonyl (C=O) groups excluding carboxylic acids is 1. The van der Waals surface area contributed by atoms with Crippen molar-refractivity contribution in [2.75, 3.05) is 5.32 Å². The van der Waals surface area contributed by atoms with E-state index < -0.39 is 42.5 Å². The Bertz CT molecular complexity index is 968. The number of nitrogens with one attached hydrogen (secondary N) is 1. The third-order valence-corrected chi connectivity index (χ3v) is 5.80. The van der Waals surface area contributed by atoms with Gasteiger partial charge >= 0.3 is 18.4 Å². The number of amides is 1. The molecule has 0 bridgehead atoms. The van der Waals surface area contributed by atoms with Gasteiger partial charge in [-0.05, 0) is 42.3 Å². The molecule has 0 fully saturated rings. The van der Waals surface area contributed by atoms with E-state index in [1.165, 1.54) is 30.3 Å². The Morgan fingerprint density at radius 2 is 1.52 bits per heavy atom. The van der Waals surface area contributed by atoms with Crippen molar-refractivity contribution in [2.45, 2.75) is 37.4 Å². The molecule has 2 aromatic carbocycles. The number of anilines is 1. The molecule has 33 heavy (non-hydrogen) atoms. The lowest BCUT2D eigenvalue weighted by atomic mass is 9.77. The zero-order valence-corrected chi connectivity index (χ0v) is 18.8. The van der Waals surface area contributed by atoms with Gasteiger partial charge in [0.05, 0.1) is 10.0 Å². The molecule has 13 heteroatoms. The van der Waals surface area contributed by atoms with Crippen molar-refractivity contribution in [1.82, 2.24) is 0 Å². The highest BCUT2D eigenvalue weighted by atomic mass is 35.5. The first-order chi connectivity index (χ1) is 15.1. The molecule has 2 unspecified atom stereocenters. The zero-order valence-electron chi connectivity index (χ0n) is 16.6. The van der Waals surface area contributed by atoms with Crippen molar-refractivity contribution in [3.8, 4) is 0 Å². The summed E-state index contributed by atoms with van der Waals surface area (Å²) < 4.78 is 86.4. The van der Waals surface area contributed by atoms with Crippen LogP contribution in [0.3, 0.4) is 0 Å². The highest BCUT2D eigenvalue weighted by Gasteiger charge is 2.74. The van der Waals surface area contributed by atoms with Gasteiger partial charge in [0.1, 0.15) is 6.10 Å². The Labute approximate surface area is 199 Å². The maximum atomic E-state index is 13.6. The smallest absolute Gasteiger partial charge is 0.426 e. The molecule has 0 heterocycles. The largest absolute Gasteiger partial charge is 0.441 e. The Balaban J connectivity index is 2.51. The summed E-state index contributed by atoms with van der Waals surface area (Å²) >= 11 is 17.3. The predicted molar refractivity (Wildman–Crippen MR) is 112 cm³/mol. The first kappa shape index (κ1) is 27.4. The van der Waals surface area contributed by atoms with Crippen molar-refractivity contribution in [2.24, 2.45) is 5.92 Å². The summed E-state index contributed by atoms with van der Waals surface area (Å²) in [5, 5.41) is 12.4. The van der Waals surface area contributed by atoms with Crippen LogP contribution in [0.4, 0.5) is 36.8 Å². The average Bonchev–Trinajstić information content (AvgIpc) is 2.69. The fraction of sp³-hybridized carbons (Fsp3) is 0.350. The quantitative estimate of drug-likeness (QED) is 0.369. The number of hydrogen-bond acceptors (Lipinski definition) is 3. The number of carbonyl (C=O) groups is 1. The fourth-order valence-electron chi connectivity index (χ4n) is 3.18. The van der Waals surface area contributed by atoms with Crippen molar-refractivity contribution < 1.29 is 41.0 Å². The van der Waals surface area contributed by atoms with Crippen LogP contribution in [0.5, 0.6) is 0 Å². The van der Waals surface area contributed by atoms with Crippen molar-refractivity contribution in [3.63, 3.8) is 0 Å². The topological polar surface area (TPSA) is 58.6 Å². The van der Waals surface area contributed by atoms with Crippen LogP contribution in [-0.2, 0) is 4.74 Å². The van der Waals surface area contributed by atoms with Gasteiger partial charge in [0.25, 0.3) is 5.60 Å². The zero-order chi connectivity index (χ0) is 25.2. The van der Waals surface area contributed by atoms with Gasteiger partial charge in [-0.25, -0.2) is 4.79 Å². The van der Waals surface area contributed by atoms with Crippen molar-refractivity contribution >= 4 is 46.6 Å². The minimum absolute atomic E-state index is 0.0132. The van der Waals surface area contributed by atoms with Crippen molar-refractivity contribution in [1.29, 1.82) is 0 Å². The van der Waals surface area contributed by atoms with E-state index in [9.17, 15) is 36.2 Å². The lowest BCUT2D eigenvalue weighted by molar-refractivity contribution is -0.391. The first-order valence-electron chi connectivity index (χ1n) is 9.15. The van der Waals surface area contributed by atoms with Gasteiger partial charge in [-0.2, -0.15) is 26.3 Å². The molecule has 0 radical (unpaired) electrons. The Morgan fingerprint density at radius 3 is 1.97 bits per heavy atom. The van der Waals surface area contributed by atoms with Crippen LogP contribution in [0, 0.1) is 5.92 Å². The van der Waals surface area contributed by atoms with E-state index in [0.29, 0.717) is 0 Å². The number of benzene rings is 2. The van der Waals surface area contributed by atoms with Gasteiger partial charge < -0.3 is 9.84 Å². The van der Waals surface area contributed by atoms with E-state index in [4.69, 9.17) is 39.5 Å². The second-order valence-corrected chi connectivity index (χ2v) is 8.16. The molecule has 0 spiro atoms. The second kappa shape index (κ2) is 10.2. The van der Waals surface area contributed by atoms with Gasteiger partial charge in [-0.15, -0.1) is 0 Å². The third kappa shape index (κ3) is 5.98. The van der Waals surface area contributed by atoms with E-state index in [1.54, 1.807) is 0 Å². The number of hydrogen-bond donors (Lipinski definition) is 2. The number of ether oxygens (including phenoxy) is 1. The lowest BCUT2D eigenvalue weighted by Gasteiger charge is -2.41. The molecule has 2 aromatic rings. The molecule has 0 saturated carbocycles. The van der Waals surface area contributed by atoms with E-state index in [-0.39, 0.29) is 26.3 Å². The monoisotopic (exact) mass is 537 g/mol. The maximum absolute atomic E-state index is 13.6. The fourth-order valence-corrected chi connectivity index (χ4v) is 3.61. The second-order valence-electron chi connectivity index (χ2n) is 6.91. The Hall–Kier alpha value is -1.88. The summed E-state index contributed by atoms with van der Waals surface area (Å²) in [4.78, 5) is 12.4. The summed E-state index contributed by atoms with van der Waals surface area (Å²) in [5.74, 6) is -2.65. The molecule has 0 aromatic heterocycles. The third-order valence-electron chi connectivity index (χ3n) is 4.80. The van der Waals surface area contributed by atoms with Gasteiger partial charge in [-0.3, -0.25) is 5.32 Å². The number of rotatable bonds is 6. The number of halogens is 9.